The van der Waals surface area contributed by atoms with Crippen LogP contribution in [0.4, 0.5) is 8.78 Å². The molecule has 1 heterocycles. The Hall–Kier alpha value is -3.79. The lowest BCUT2D eigenvalue weighted by Gasteiger charge is -2.37. The molecule has 0 unspecified atom stereocenters. The zero-order valence-electron chi connectivity index (χ0n) is 16.7. The third kappa shape index (κ3) is 3.12. The number of ether oxygens (including phenoxy) is 1. The van der Waals surface area contributed by atoms with E-state index in [1.54, 1.807) is 24.3 Å². The van der Waals surface area contributed by atoms with Crippen molar-refractivity contribution in [1.82, 2.24) is 0 Å². The van der Waals surface area contributed by atoms with Crippen LogP contribution in [0.1, 0.15) is 34.0 Å². The highest BCUT2D eigenvalue weighted by Gasteiger charge is 2.38. The number of halogens is 2. The molecule has 5 rings (SSSR count). The van der Waals surface area contributed by atoms with Gasteiger partial charge in [-0.2, -0.15) is 0 Å². The molecule has 4 aromatic carbocycles. The number of Topliss-reactive ketones (excluding diaryl/α,β-unsaturated/α-hetero) is 1. The molecule has 0 fully saturated rings. The lowest BCUT2D eigenvalue weighted by molar-refractivity contribution is 0.1000. The molecule has 4 aromatic rings. The zero-order chi connectivity index (χ0) is 21.6. The van der Waals surface area contributed by atoms with Crippen molar-refractivity contribution in [3.8, 4) is 5.75 Å². The Morgan fingerprint density at radius 1 is 0.839 bits per heavy atom. The lowest BCUT2D eigenvalue weighted by atomic mass is 9.82. The van der Waals surface area contributed by atoms with Gasteiger partial charge in [0.05, 0.1) is 5.56 Å². The summed E-state index contributed by atoms with van der Waals surface area (Å²) in [4.78, 5) is 12.5. The van der Waals surface area contributed by atoms with Crippen LogP contribution >= 0.6 is 0 Å². The van der Waals surface area contributed by atoms with E-state index in [1.165, 1.54) is 31.2 Å². The molecular weight excluding hydrogens is 394 g/mol. The number of carbonyl (C=O) groups excluding carboxylic acids is 1. The third-order valence-electron chi connectivity index (χ3n) is 5.71. The first-order chi connectivity index (χ1) is 15.0. The molecule has 0 N–H and O–H groups in total. The molecule has 31 heavy (non-hydrogen) atoms. The van der Waals surface area contributed by atoms with Crippen LogP contribution in [0.15, 0.2) is 84.9 Å². The summed E-state index contributed by atoms with van der Waals surface area (Å²) in [7, 11) is 0. The Kier molecular flexibility index (Phi) is 4.44. The SMILES string of the molecule is CC(=O)c1cc2ccccc2c2c1OC(c1ccc(F)cc1)(c1ccc(F)cc1)C=C2. The first kappa shape index (κ1) is 19.2. The summed E-state index contributed by atoms with van der Waals surface area (Å²) in [5.41, 5.74) is 1.48. The van der Waals surface area contributed by atoms with Crippen molar-refractivity contribution >= 4 is 22.6 Å². The molecule has 0 radical (unpaired) electrons. The highest BCUT2D eigenvalue weighted by Crippen LogP contribution is 2.46. The minimum absolute atomic E-state index is 0.121. The van der Waals surface area contributed by atoms with Crippen LogP contribution in [0.2, 0.25) is 0 Å². The second-order valence-corrected chi connectivity index (χ2v) is 7.63. The van der Waals surface area contributed by atoms with Crippen LogP contribution in [0.3, 0.4) is 0 Å². The standard InChI is InChI=1S/C27H18F2O2/c1-17(30)25-16-18-4-2-3-5-23(18)24-14-15-27(31-26(24)25,19-6-10-21(28)11-7-19)20-8-12-22(29)13-9-20/h2-16H,1H3. The number of ketones is 1. The van der Waals surface area contributed by atoms with Crippen LogP contribution in [-0.4, -0.2) is 5.78 Å². The fourth-order valence-corrected chi connectivity index (χ4v) is 4.16. The number of fused-ring (bicyclic) bond motifs is 3. The molecule has 1 aliphatic heterocycles. The first-order valence-electron chi connectivity index (χ1n) is 9.95. The molecule has 1 aliphatic rings. The van der Waals surface area contributed by atoms with Gasteiger partial charge in [0.25, 0.3) is 0 Å². The van der Waals surface area contributed by atoms with Crippen LogP contribution in [0.25, 0.3) is 16.8 Å². The Labute approximate surface area is 178 Å². The van der Waals surface area contributed by atoms with Gasteiger partial charge in [0.1, 0.15) is 17.4 Å². The Morgan fingerprint density at radius 3 is 2.00 bits per heavy atom. The van der Waals surface area contributed by atoms with Gasteiger partial charge >= 0.3 is 0 Å². The molecule has 2 nitrogen and oxygen atoms in total. The summed E-state index contributed by atoms with van der Waals surface area (Å²) in [6.45, 7) is 1.50. The topological polar surface area (TPSA) is 26.3 Å². The van der Waals surface area contributed by atoms with E-state index in [9.17, 15) is 13.6 Å². The molecule has 0 atom stereocenters. The highest BCUT2D eigenvalue weighted by molar-refractivity contribution is 6.05. The van der Waals surface area contributed by atoms with Crippen molar-refractivity contribution in [1.29, 1.82) is 0 Å². The molecule has 0 saturated heterocycles. The summed E-state index contributed by atoms with van der Waals surface area (Å²) in [6, 6.07) is 21.6. The van der Waals surface area contributed by atoms with Gasteiger partial charge in [0.15, 0.2) is 11.4 Å². The second-order valence-electron chi connectivity index (χ2n) is 7.63. The van der Waals surface area contributed by atoms with Crippen LogP contribution in [0.5, 0.6) is 5.75 Å². The fraction of sp³-hybridized carbons (Fsp3) is 0.0741. The van der Waals surface area contributed by atoms with E-state index in [4.69, 9.17) is 4.74 Å². The molecular formula is C27H18F2O2. The van der Waals surface area contributed by atoms with Gasteiger partial charge in [-0.25, -0.2) is 8.78 Å². The molecule has 0 aliphatic carbocycles. The van der Waals surface area contributed by atoms with Crippen LogP contribution < -0.4 is 4.74 Å². The third-order valence-corrected chi connectivity index (χ3v) is 5.71. The van der Waals surface area contributed by atoms with Crippen molar-refractivity contribution in [2.75, 3.05) is 0 Å². The van der Waals surface area contributed by atoms with E-state index in [1.807, 2.05) is 42.5 Å². The van der Waals surface area contributed by atoms with E-state index >= 15 is 0 Å². The zero-order valence-corrected chi connectivity index (χ0v) is 16.7. The molecule has 0 bridgehead atoms. The van der Waals surface area contributed by atoms with Crippen LogP contribution in [-0.2, 0) is 5.60 Å². The first-order valence-corrected chi connectivity index (χ1v) is 9.95. The summed E-state index contributed by atoms with van der Waals surface area (Å²) in [6.07, 6.45) is 3.81. The number of carbonyl (C=O) groups is 1. The molecule has 0 saturated carbocycles. The lowest BCUT2D eigenvalue weighted by Crippen LogP contribution is -2.35. The van der Waals surface area contributed by atoms with Gasteiger partial charge in [-0.15, -0.1) is 0 Å². The van der Waals surface area contributed by atoms with Crippen molar-refractivity contribution in [3.63, 3.8) is 0 Å². The van der Waals surface area contributed by atoms with E-state index < -0.39 is 5.60 Å². The van der Waals surface area contributed by atoms with E-state index in [0.717, 1.165) is 16.3 Å². The summed E-state index contributed by atoms with van der Waals surface area (Å²) < 4.78 is 33.9. The van der Waals surface area contributed by atoms with Crippen molar-refractivity contribution < 1.29 is 18.3 Å². The van der Waals surface area contributed by atoms with Crippen molar-refractivity contribution in [2.24, 2.45) is 0 Å². The largest absolute Gasteiger partial charge is 0.472 e. The van der Waals surface area contributed by atoms with Crippen LogP contribution in [0, 0.1) is 11.6 Å². The fourth-order valence-electron chi connectivity index (χ4n) is 4.16. The highest BCUT2D eigenvalue weighted by atomic mass is 19.1. The molecule has 152 valence electrons. The summed E-state index contributed by atoms with van der Waals surface area (Å²) in [5.74, 6) is -0.394. The number of hydrogen-bond donors (Lipinski definition) is 0. The average molecular weight is 412 g/mol. The average Bonchev–Trinajstić information content (AvgIpc) is 2.79. The quantitative estimate of drug-likeness (QED) is 0.351. The number of rotatable bonds is 3. The van der Waals surface area contributed by atoms with Gasteiger partial charge in [0, 0.05) is 16.7 Å². The van der Waals surface area contributed by atoms with E-state index in [-0.39, 0.29) is 17.4 Å². The van der Waals surface area contributed by atoms with E-state index in [2.05, 4.69) is 0 Å². The van der Waals surface area contributed by atoms with Gasteiger partial charge in [-0.3, -0.25) is 4.79 Å². The Balaban J connectivity index is 1.80. The summed E-state index contributed by atoms with van der Waals surface area (Å²) >= 11 is 0. The molecule has 0 amide bonds. The summed E-state index contributed by atoms with van der Waals surface area (Å²) in [5, 5.41) is 1.90. The predicted molar refractivity (Wildman–Crippen MR) is 117 cm³/mol. The smallest absolute Gasteiger partial charge is 0.178 e. The Morgan fingerprint density at radius 2 is 1.42 bits per heavy atom. The predicted octanol–water partition coefficient (Wildman–Crippen LogP) is 6.67. The maximum atomic E-state index is 13.7. The number of benzene rings is 4. The minimum Gasteiger partial charge on any atom is -0.472 e. The number of hydrogen-bond acceptors (Lipinski definition) is 2. The van der Waals surface area contributed by atoms with E-state index in [0.29, 0.717) is 22.4 Å². The maximum Gasteiger partial charge on any atom is 0.178 e. The van der Waals surface area contributed by atoms with Gasteiger partial charge in [-0.05, 0) is 60.2 Å². The van der Waals surface area contributed by atoms with Crippen molar-refractivity contribution in [2.45, 2.75) is 12.5 Å². The van der Waals surface area contributed by atoms with Gasteiger partial charge < -0.3 is 4.74 Å². The Bertz CT molecular complexity index is 1290. The normalized spacial score (nSPS) is 14.2. The molecule has 4 heteroatoms. The maximum absolute atomic E-state index is 13.7. The minimum atomic E-state index is -1.14. The van der Waals surface area contributed by atoms with Gasteiger partial charge in [0.2, 0.25) is 0 Å². The monoisotopic (exact) mass is 412 g/mol. The molecule has 0 spiro atoms. The second kappa shape index (κ2) is 7.17. The van der Waals surface area contributed by atoms with Crippen molar-refractivity contribution in [3.05, 3.63) is 119 Å². The molecule has 0 aromatic heterocycles. The van der Waals surface area contributed by atoms with Gasteiger partial charge in [-0.1, -0.05) is 48.5 Å².